The predicted octanol–water partition coefficient (Wildman–Crippen LogP) is 3.43. The first kappa shape index (κ1) is 13.3. The summed E-state index contributed by atoms with van der Waals surface area (Å²) in [6, 6.07) is 10.1. The maximum Gasteiger partial charge on any atom is 0.119 e. The van der Waals surface area contributed by atoms with Gasteiger partial charge in [-0.25, -0.2) is 0 Å². The van der Waals surface area contributed by atoms with Crippen LogP contribution in [0.15, 0.2) is 24.3 Å². The van der Waals surface area contributed by atoms with E-state index in [1.165, 1.54) is 42.8 Å². The lowest BCUT2D eigenvalue weighted by Gasteiger charge is -2.39. The minimum absolute atomic E-state index is 0.726. The van der Waals surface area contributed by atoms with Crippen molar-refractivity contribution in [1.29, 1.82) is 0 Å². The second-order valence-corrected chi connectivity index (χ2v) is 6.87. The molecule has 0 radical (unpaired) electrons. The van der Waals surface area contributed by atoms with Crippen molar-refractivity contribution in [3.05, 3.63) is 29.8 Å². The Morgan fingerprint density at radius 1 is 1.26 bits per heavy atom. The fourth-order valence-electron chi connectivity index (χ4n) is 3.13. The summed E-state index contributed by atoms with van der Waals surface area (Å²) in [6.07, 6.45) is 5.32. The van der Waals surface area contributed by atoms with Crippen molar-refractivity contribution in [3.8, 4) is 5.75 Å². The van der Waals surface area contributed by atoms with E-state index < -0.39 is 0 Å². The molecule has 1 aliphatic heterocycles. The van der Waals surface area contributed by atoms with Gasteiger partial charge in [0.1, 0.15) is 5.75 Å². The third-order valence-corrected chi connectivity index (χ3v) is 5.55. The highest BCUT2D eigenvalue weighted by Gasteiger charge is 2.32. The van der Waals surface area contributed by atoms with Gasteiger partial charge in [0.2, 0.25) is 0 Å². The molecule has 1 aromatic carbocycles. The second-order valence-electron chi connectivity index (χ2n) is 5.72. The molecule has 1 aliphatic carbocycles. The predicted molar refractivity (Wildman–Crippen MR) is 82.2 cm³/mol. The van der Waals surface area contributed by atoms with Crippen molar-refractivity contribution < 1.29 is 4.74 Å². The van der Waals surface area contributed by atoms with E-state index in [1.807, 2.05) is 6.07 Å². The highest BCUT2D eigenvalue weighted by Crippen LogP contribution is 2.38. The highest BCUT2D eigenvalue weighted by molar-refractivity contribution is 7.99. The number of hydrogen-bond donors (Lipinski definition) is 1. The molecule has 2 nitrogen and oxygen atoms in total. The molecule has 0 spiro atoms. The Kier molecular flexibility index (Phi) is 4.34. The first-order valence-corrected chi connectivity index (χ1v) is 8.48. The Labute approximate surface area is 120 Å². The molecule has 0 aromatic heterocycles. The van der Waals surface area contributed by atoms with Gasteiger partial charge in [0.15, 0.2) is 0 Å². The first-order valence-electron chi connectivity index (χ1n) is 7.33. The third-order valence-electron chi connectivity index (χ3n) is 4.33. The van der Waals surface area contributed by atoms with Crippen LogP contribution in [0.1, 0.15) is 37.2 Å². The average Bonchev–Trinajstić information content (AvgIpc) is 2.43. The smallest absolute Gasteiger partial charge is 0.119 e. The van der Waals surface area contributed by atoms with Gasteiger partial charge in [-0.05, 0) is 55.1 Å². The number of rotatable bonds is 4. The molecule has 2 fully saturated rings. The monoisotopic (exact) mass is 277 g/mol. The van der Waals surface area contributed by atoms with E-state index in [4.69, 9.17) is 4.74 Å². The summed E-state index contributed by atoms with van der Waals surface area (Å²) in [5.41, 5.74) is 1.44. The molecule has 1 atom stereocenters. The lowest BCUT2D eigenvalue weighted by atomic mass is 9.75. The second kappa shape index (κ2) is 6.19. The molecule has 19 heavy (non-hydrogen) atoms. The largest absolute Gasteiger partial charge is 0.497 e. The van der Waals surface area contributed by atoms with Crippen molar-refractivity contribution in [2.75, 3.05) is 18.6 Å². The summed E-state index contributed by atoms with van der Waals surface area (Å²) in [4.78, 5) is 0. The van der Waals surface area contributed by atoms with Gasteiger partial charge in [0, 0.05) is 17.8 Å². The molecule has 1 saturated carbocycles. The first-order chi connectivity index (χ1) is 9.35. The quantitative estimate of drug-likeness (QED) is 0.911. The van der Waals surface area contributed by atoms with Gasteiger partial charge in [-0.15, -0.1) is 0 Å². The minimum atomic E-state index is 0.726. The molecule has 104 valence electrons. The van der Waals surface area contributed by atoms with Gasteiger partial charge in [0.05, 0.1) is 7.11 Å². The molecule has 1 heterocycles. The highest BCUT2D eigenvalue weighted by atomic mass is 32.2. The Bertz CT molecular complexity index is 411. The number of benzene rings is 1. The zero-order valence-corrected chi connectivity index (χ0v) is 12.4. The van der Waals surface area contributed by atoms with Crippen LogP contribution < -0.4 is 10.1 Å². The van der Waals surface area contributed by atoms with Crippen LogP contribution in [0, 0.1) is 0 Å². The van der Waals surface area contributed by atoms with Crippen molar-refractivity contribution in [2.24, 2.45) is 0 Å². The maximum absolute atomic E-state index is 5.30. The fraction of sp³-hybridized carbons (Fsp3) is 0.625. The molecule has 0 bridgehead atoms. The van der Waals surface area contributed by atoms with Gasteiger partial charge >= 0.3 is 0 Å². The Morgan fingerprint density at radius 2 is 2.16 bits per heavy atom. The maximum atomic E-state index is 5.30. The lowest BCUT2D eigenvalue weighted by Crippen LogP contribution is -2.47. The van der Waals surface area contributed by atoms with Crippen LogP contribution in [0.3, 0.4) is 0 Å². The van der Waals surface area contributed by atoms with Crippen LogP contribution in [-0.4, -0.2) is 30.7 Å². The van der Waals surface area contributed by atoms with Crippen LogP contribution in [-0.2, 0) is 0 Å². The molecule has 1 N–H and O–H groups in total. The van der Waals surface area contributed by atoms with Crippen molar-refractivity contribution in [3.63, 3.8) is 0 Å². The van der Waals surface area contributed by atoms with E-state index >= 15 is 0 Å². The van der Waals surface area contributed by atoms with Gasteiger partial charge < -0.3 is 10.1 Å². The zero-order valence-electron chi connectivity index (χ0n) is 11.6. The summed E-state index contributed by atoms with van der Waals surface area (Å²) in [5, 5.41) is 3.83. The topological polar surface area (TPSA) is 21.3 Å². The van der Waals surface area contributed by atoms with E-state index in [0.29, 0.717) is 0 Å². The van der Waals surface area contributed by atoms with Gasteiger partial charge in [-0.1, -0.05) is 12.1 Å². The van der Waals surface area contributed by atoms with Crippen molar-refractivity contribution in [1.82, 2.24) is 5.32 Å². The Hall–Kier alpha value is -0.670. The Balaban J connectivity index is 1.48. The molecule has 1 unspecified atom stereocenters. The Morgan fingerprint density at radius 3 is 2.89 bits per heavy atom. The van der Waals surface area contributed by atoms with Gasteiger partial charge in [0.25, 0.3) is 0 Å². The summed E-state index contributed by atoms with van der Waals surface area (Å²) >= 11 is 2.10. The van der Waals surface area contributed by atoms with Crippen LogP contribution in [0.25, 0.3) is 0 Å². The number of thioether (sulfide) groups is 1. The number of hydrogen-bond acceptors (Lipinski definition) is 3. The van der Waals surface area contributed by atoms with Gasteiger partial charge in [-0.3, -0.25) is 0 Å². The molecule has 1 aromatic rings. The average molecular weight is 277 g/mol. The van der Waals surface area contributed by atoms with Crippen LogP contribution in [0.5, 0.6) is 5.75 Å². The lowest BCUT2D eigenvalue weighted by molar-refractivity contribution is 0.264. The SMILES string of the molecule is COc1cccc(C2CC(NC3CCCSC3)C2)c1. The molecular weight excluding hydrogens is 254 g/mol. The van der Waals surface area contributed by atoms with Crippen LogP contribution >= 0.6 is 11.8 Å². The molecule has 0 amide bonds. The molecule has 3 rings (SSSR count). The summed E-state index contributed by atoms with van der Waals surface area (Å²) in [5.74, 6) is 4.37. The van der Waals surface area contributed by atoms with E-state index in [-0.39, 0.29) is 0 Å². The third kappa shape index (κ3) is 3.26. The van der Waals surface area contributed by atoms with Crippen molar-refractivity contribution >= 4 is 11.8 Å². The number of ether oxygens (including phenoxy) is 1. The van der Waals surface area contributed by atoms with E-state index in [1.54, 1.807) is 7.11 Å². The fourth-order valence-corrected chi connectivity index (χ4v) is 4.21. The van der Waals surface area contributed by atoms with Gasteiger partial charge in [-0.2, -0.15) is 11.8 Å². The standard InChI is InChI=1S/C16H23NOS/c1-18-16-6-2-4-12(10-16)13-8-15(9-13)17-14-5-3-7-19-11-14/h2,4,6,10,13-15,17H,3,5,7-9,11H2,1H3. The molecule has 1 saturated heterocycles. The molecule has 2 aliphatic rings. The summed E-state index contributed by atoms with van der Waals surface area (Å²) in [7, 11) is 1.74. The number of nitrogens with one attached hydrogen (secondary N) is 1. The molecular formula is C16H23NOS. The molecule has 3 heteroatoms. The summed E-state index contributed by atoms with van der Waals surface area (Å²) < 4.78 is 5.30. The zero-order chi connectivity index (χ0) is 13.1. The van der Waals surface area contributed by atoms with Crippen LogP contribution in [0.4, 0.5) is 0 Å². The van der Waals surface area contributed by atoms with Crippen LogP contribution in [0.2, 0.25) is 0 Å². The van der Waals surface area contributed by atoms with E-state index in [0.717, 1.165) is 23.8 Å². The number of methoxy groups -OCH3 is 1. The minimum Gasteiger partial charge on any atom is -0.497 e. The van der Waals surface area contributed by atoms with E-state index in [2.05, 4.69) is 35.3 Å². The summed E-state index contributed by atoms with van der Waals surface area (Å²) in [6.45, 7) is 0. The van der Waals surface area contributed by atoms with E-state index in [9.17, 15) is 0 Å². The van der Waals surface area contributed by atoms with Crippen molar-refractivity contribution in [2.45, 2.75) is 43.7 Å². The normalized spacial score (nSPS) is 30.7.